The zero-order valence-electron chi connectivity index (χ0n) is 8.73. The number of hydrogen-bond donors (Lipinski definition) is 1. The van der Waals surface area contributed by atoms with Crippen molar-refractivity contribution in [3.63, 3.8) is 0 Å². The van der Waals surface area contributed by atoms with Crippen molar-refractivity contribution in [3.8, 4) is 0 Å². The van der Waals surface area contributed by atoms with Gasteiger partial charge >= 0.3 is 6.03 Å². The van der Waals surface area contributed by atoms with Crippen molar-refractivity contribution in [2.75, 3.05) is 11.4 Å². The summed E-state index contributed by atoms with van der Waals surface area (Å²) in [5.41, 5.74) is 2.27. The second-order valence-corrected chi connectivity index (χ2v) is 3.48. The van der Waals surface area contributed by atoms with Crippen LogP contribution in [-0.4, -0.2) is 12.6 Å². The fourth-order valence-electron chi connectivity index (χ4n) is 1.78. The van der Waals surface area contributed by atoms with Crippen LogP contribution in [0.25, 0.3) is 0 Å². The summed E-state index contributed by atoms with van der Waals surface area (Å²) < 4.78 is 0. The molecule has 0 unspecified atom stereocenters. The van der Waals surface area contributed by atoms with Crippen molar-refractivity contribution in [2.45, 2.75) is 13.3 Å². The van der Waals surface area contributed by atoms with Crippen molar-refractivity contribution >= 4 is 11.7 Å². The summed E-state index contributed by atoms with van der Waals surface area (Å²) in [6.07, 6.45) is 4.41. The Morgan fingerprint density at radius 3 is 3.07 bits per heavy atom. The lowest BCUT2D eigenvalue weighted by Crippen LogP contribution is -2.36. The first kappa shape index (κ1) is 9.77. The summed E-state index contributed by atoms with van der Waals surface area (Å²) in [6, 6.07) is 7.96. The lowest BCUT2D eigenvalue weighted by molar-refractivity contribution is 0.250. The van der Waals surface area contributed by atoms with Gasteiger partial charge < -0.3 is 5.32 Å². The van der Waals surface area contributed by atoms with E-state index < -0.39 is 0 Å². The number of rotatable bonds is 1. The molecule has 1 heterocycles. The lowest BCUT2D eigenvalue weighted by atomic mass is 10.2. The van der Waals surface area contributed by atoms with Crippen LogP contribution in [-0.2, 0) is 6.42 Å². The van der Waals surface area contributed by atoms with Gasteiger partial charge in [0.15, 0.2) is 0 Å². The summed E-state index contributed by atoms with van der Waals surface area (Å²) >= 11 is 0. The molecule has 15 heavy (non-hydrogen) atoms. The molecule has 0 saturated heterocycles. The van der Waals surface area contributed by atoms with Crippen molar-refractivity contribution in [3.05, 3.63) is 42.1 Å². The number of carbonyl (C=O) groups is 1. The number of allylic oxidation sites excluding steroid dienone is 1. The second kappa shape index (κ2) is 4.17. The van der Waals surface area contributed by atoms with Crippen molar-refractivity contribution in [2.24, 2.45) is 0 Å². The van der Waals surface area contributed by atoms with Gasteiger partial charge in [-0.3, -0.25) is 4.90 Å². The van der Waals surface area contributed by atoms with Crippen LogP contribution in [0.4, 0.5) is 10.5 Å². The number of hydrogen-bond acceptors (Lipinski definition) is 1. The average molecular weight is 202 g/mol. The summed E-state index contributed by atoms with van der Waals surface area (Å²) in [5.74, 6) is 0. The summed E-state index contributed by atoms with van der Waals surface area (Å²) in [4.78, 5) is 13.5. The van der Waals surface area contributed by atoms with Gasteiger partial charge in [0.25, 0.3) is 0 Å². The number of nitrogens with zero attached hydrogens (tertiary/aromatic N) is 1. The minimum atomic E-state index is -0.0574. The first-order chi connectivity index (χ1) is 7.33. The van der Waals surface area contributed by atoms with Gasteiger partial charge in [-0.1, -0.05) is 24.3 Å². The molecule has 0 aromatic heterocycles. The van der Waals surface area contributed by atoms with Gasteiger partial charge in [0.1, 0.15) is 0 Å². The molecule has 0 bridgehead atoms. The highest BCUT2D eigenvalue weighted by Gasteiger charge is 2.22. The molecule has 1 aromatic carbocycles. The molecule has 78 valence electrons. The molecule has 1 aliphatic heterocycles. The van der Waals surface area contributed by atoms with Crippen LogP contribution < -0.4 is 10.2 Å². The van der Waals surface area contributed by atoms with Crippen LogP contribution >= 0.6 is 0 Å². The van der Waals surface area contributed by atoms with Gasteiger partial charge in [-0.25, -0.2) is 4.79 Å². The minimum Gasteiger partial charge on any atom is -0.315 e. The number of urea groups is 1. The van der Waals surface area contributed by atoms with E-state index in [1.54, 1.807) is 17.2 Å². The predicted molar refractivity (Wildman–Crippen MR) is 60.8 cm³/mol. The third-order valence-corrected chi connectivity index (χ3v) is 2.51. The molecule has 2 rings (SSSR count). The van der Waals surface area contributed by atoms with E-state index in [1.165, 1.54) is 5.56 Å². The van der Waals surface area contributed by atoms with E-state index in [0.717, 1.165) is 18.7 Å². The third-order valence-electron chi connectivity index (χ3n) is 2.51. The van der Waals surface area contributed by atoms with Crippen molar-refractivity contribution < 1.29 is 4.79 Å². The highest BCUT2D eigenvalue weighted by atomic mass is 16.2. The first-order valence-corrected chi connectivity index (χ1v) is 5.10. The molecule has 0 fully saturated rings. The highest BCUT2D eigenvalue weighted by Crippen LogP contribution is 2.27. The van der Waals surface area contributed by atoms with E-state index in [0.29, 0.717) is 0 Å². The molecule has 1 aliphatic rings. The maximum atomic E-state index is 11.7. The maximum absolute atomic E-state index is 11.7. The minimum absolute atomic E-state index is 0.0574. The number of para-hydroxylation sites is 1. The Labute approximate surface area is 89.4 Å². The smallest absolute Gasteiger partial charge is 0.315 e. The molecular weight excluding hydrogens is 188 g/mol. The molecule has 0 radical (unpaired) electrons. The molecule has 0 atom stereocenters. The Bertz CT molecular complexity index is 398. The van der Waals surface area contributed by atoms with Crippen LogP contribution in [0.1, 0.15) is 12.5 Å². The van der Waals surface area contributed by atoms with E-state index in [-0.39, 0.29) is 6.03 Å². The van der Waals surface area contributed by atoms with Crippen LogP contribution in [0.15, 0.2) is 36.5 Å². The van der Waals surface area contributed by atoms with Gasteiger partial charge in [-0.15, -0.1) is 0 Å². The fraction of sp³-hybridized carbons (Fsp3) is 0.250. The molecule has 1 aromatic rings. The van der Waals surface area contributed by atoms with Gasteiger partial charge in [-0.05, 0) is 25.0 Å². The molecule has 0 saturated carbocycles. The Hall–Kier alpha value is -1.77. The highest BCUT2D eigenvalue weighted by molar-refractivity contribution is 5.94. The Kier molecular flexibility index (Phi) is 2.72. The largest absolute Gasteiger partial charge is 0.325 e. The summed E-state index contributed by atoms with van der Waals surface area (Å²) in [6.45, 7) is 2.64. The average Bonchev–Trinajstić information content (AvgIpc) is 2.69. The van der Waals surface area contributed by atoms with Crippen molar-refractivity contribution in [1.29, 1.82) is 0 Å². The normalized spacial score (nSPS) is 14.3. The van der Waals surface area contributed by atoms with Crippen LogP contribution in [0.3, 0.4) is 0 Å². The molecule has 1 N–H and O–H groups in total. The molecular formula is C12H14N2O. The Morgan fingerprint density at radius 1 is 1.47 bits per heavy atom. The standard InChI is InChI=1S/C12H14N2O/c1-2-8-13-12(15)14-9-7-10-5-3-4-6-11(10)14/h2-6,8H,7,9H2,1H3,(H,13,15)/b8-2+. The van der Waals surface area contributed by atoms with E-state index in [2.05, 4.69) is 11.4 Å². The van der Waals surface area contributed by atoms with Gasteiger partial charge in [-0.2, -0.15) is 0 Å². The van der Waals surface area contributed by atoms with Crippen LogP contribution in [0, 0.1) is 0 Å². The Balaban J connectivity index is 2.17. The fourth-order valence-corrected chi connectivity index (χ4v) is 1.78. The zero-order chi connectivity index (χ0) is 10.7. The van der Waals surface area contributed by atoms with Gasteiger partial charge in [0.05, 0.1) is 0 Å². The maximum Gasteiger partial charge on any atom is 0.325 e. The molecule has 0 spiro atoms. The lowest BCUT2D eigenvalue weighted by Gasteiger charge is -2.16. The molecule has 2 amide bonds. The summed E-state index contributed by atoms with van der Waals surface area (Å²) in [5, 5.41) is 2.72. The quantitative estimate of drug-likeness (QED) is 0.744. The topological polar surface area (TPSA) is 32.3 Å². The zero-order valence-corrected chi connectivity index (χ0v) is 8.73. The third kappa shape index (κ3) is 1.86. The number of anilines is 1. The predicted octanol–water partition coefficient (Wildman–Crippen LogP) is 2.29. The van der Waals surface area contributed by atoms with E-state index in [4.69, 9.17) is 0 Å². The summed E-state index contributed by atoms with van der Waals surface area (Å²) in [7, 11) is 0. The van der Waals surface area contributed by atoms with Crippen molar-refractivity contribution in [1.82, 2.24) is 5.32 Å². The first-order valence-electron chi connectivity index (χ1n) is 5.10. The molecule has 0 aliphatic carbocycles. The molecule has 3 nitrogen and oxygen atoms in total. The number of fused-ring (bicyclic) bond motifs is 1. The van der Waals surface area contributed by atoms with Gasteiger partial charge in [0.2, 0.25) is 0 Å². The number of benzene rings is 1. The Morgan fingerprint density at radius 2 is 2.27 bits per heavy atom. The van der Waals surface area contributed by atoms with Gasteiger partial charge in [0, 0.05) is 18.4 Å². The van der Waals surface area contributed by atoms with Crippen LogP contribution in [0.5, 0.6) is 0 Å². The number of nitrogens with one attached hydrogen (secondary N) is 1. The van der Waals surface area contributed by atoms with Crippen LogP contribution in [0.2, 0.25) is 0 Å². The number of carbonyl (C=O) groups excluding carboxylic acids is 1. The monoisotopic (exact) mass is 202 g/mol. The second-order valence-electron chi connectivity index (χ2n) is 3.48. The van der Waals surface area contributed by atoms with E-state index in [1.807, 2.05) is 25.1 Å². The molecule has 3 heteroatoms. The van der Waals surface area contributed by atoms with E-state index >= 15 is 0 Å². The van der Waals surface area contributed by atoms with E-state index in [9.17, 15) is 4.79 Å². The number of amides is 2. The SMILES string of the molecule is C/C=C/NC(=O)N1CCc2ccccc21.